The van der Waals surface area contributed by atoms with E-state index < -0.39 is 10.0 Å². The van der Waals surface area contributed by atoms with Gasteiger partial charge in [-0.25, -0.2) is 12.7 Å². The van der Waals surface area contributed by atoms with Gasteiger partial charge in [0.15, 0.2) is 0 Å². The van der Waals surface area contributed by atoms with Crippen LogP contribution in [0.2, 0.25) is 0 Å². The Bertz CT molecular complexity index is 359. The molecule has 1 heterocycles. The summed E-state index contributed by atoms with van der Waals surface area (Å²) in [6.07, 6.45) is 3.06. The summed E-state index contributed by atoms with van der Waals surface area (Å²) in [6, 6.07) is 0.123. The Hall–Kier alpha value is -0.170. The fraction of sp³-hybridized carbons (Fsp3) is 1.00. The quantitative estimate of drug-likeness (QED) is 0.703. The lowest BCUT2D eigenvalue weighted by Crippen LogP contribution is -2.50. The normalized spacial score (nSPS) is 23.7. The van der Waals surface area contributed by atoms with Crippen LogP contribution in [-0.4, -0.2) is 69.2 Å². The number of rotatable bonds is 7. The highest BCUT2D eigenvalue weighted by molar-refractivity contribution is 7.89. The number of nitrogens with one attached hydrogen (secondary N) is 1. The van der Waals surface area contributed by atoms with Crippen LogP contribution in [0.25, 0.3) is 0 Å². The summed E-state index contributed by atoms with van der Waals surface area (Å²) in [5.74, 6) is 0. The number of likely N-dealkylation sites (N-methyl/N-ethyl adjacent to an activating group) is 2. The van der Waals surface area contributed by atoms with Crippen LogP contribution in [0.5, 0.6) is 0 Å². The maximum atomic E-state index is 12.5. The van der Waals surface area contributed by atoms with E-state index >= 15 is 0 Å². The van der Waals surface area contributed by atoms with E-state index in [1.54, 1.807) is 18.3 Å². The summed E-state index contributed by atoms with van der Waals surface area (Å²) >= 11 is 0. The molecule has 0 radical (unpaired) electrons. The smallest absolute Gasteiger partial charge is 0.218 e. The molecule has 5 nitrogen and oxygen atoms in total. The molecule has 0 amide bonds. The maximum absolute atomic E-state index is 12.5. The molecule has 1 N–H and O–H groups in total. The molecule has 0 aromatic rings. The van der Waals surface area contributed by atoms with E-state index in [1.807, 2.05) is 0 Å². The molecule has 0 aliphatic carbocycles. The number of nitrogens with zero attached hydrogens (tertiary/aromatic N) is 2. The van der Waals surface area contributed by atoms with Crippen molar-refractivity contribution in [2.24, 2.45) is 0 Å². The minimum absolute atomic E-state index is 0.123. The van der Waals surface area contributed by atoms with Gasteiger partial charge in [0.25, 0.3) is 0 Å². The molecule has 1 aliphatic rings. The first-order valence-corrected chi connectivity index (χ1v) is 8.76. The summed E-state index contributed by atoms with van der Waals surface area (Å²) < 4.78 is 26.6. The van der Waals surface area contributed by atoms with Gasteiger partial charge >= 0.3 is 0 Å². The second kappa shape index (κ2) is 7.57. The minimum atomic E-state index is -3.20. The van der Waals surface area contributed by atoms with Gasteiger partial charge in [0.1, 0.15) is 0 Å². The molecule has 114 valence electrons. The topological polar surface area (TPSA) is 52.7 Å². The van der Waals surface area contributed by atoms with Crippen LogP contribution in [0.4, 0.5) is 0 Å². The zero-order valence-electron chi connectivity index (χ0n) is 12.7. The van der Waals surface area contributed by atoms with Gasteiger partial charge in [-0.1, -0.05) is 6.92 Å². The highest BCUT2D eigenvalue weighted by Gasteiger charge is 2.32. The van der Waals surface area contributed by atoms with E-state index in [-0.39, 0.29) is 11.3 Å². The van der Waals surface area contributed by atoms with Crippen molar-refractivity contribution in [3.05, 3.63) is 0 Å². The molecule has 2 atom stereocenters. The molecular weight excluding hydrogens is 262 g/mol. The summed E-state index contributed by atoms with van der Waals surface area (Å²) in [6.45, 7) is 7.18. The van der Waals surface area contributed by atoms with Gasteiger partial charge in [0.05, 0.1) is 5.25 Å². The highest BCUT2D eigenvalue weighted by atomic mass is 32.2. The Morgan fingerprint density at radius 1 is 1.47 bits per heavy atom. The lowest BCUT2D eigenvalue weighted by molar-refractivity contribution is 0.187. The van der Waals surface area contributed by atoms with Gasteiger partial charge in [-0.05, 0) is 46.3 Å². The monoisotopic (exact) mass is 291 g/mol. The average Bonchev–Trinajstić information content (AvgIpc) is 2.37. The van der Waals surface area contributed by atoms with Crippen LogP contribution < -0.4 is 5.32 Å². The van der Waals surface area contributed by atoms with Gasteiger partial charge < -0.3 is 10.2 Å². The first-order chi connectivity index (χ1) is 8.89. The van der Waals surface area contributed by atoms with Crippen molar-refractivity contribution in [2.75, 3.05) is 40.3 Å². The number of hydrogen-bond acceptors (Lipinski definition) is 4. The van der Waals surface area contributed by atoms with Crippen LogP contribution in [0.3, 0.4) is 0 Å². The lowest BCUT2D eigenvalue weighted by atomic mass is 10.1. The fourth-order valence-electron chi connectivity index (χ4n) is 2.51. The molecule has 1 saturated heterocycles. The van der Waals surface area contributed by atoms with Gasteiger partial charge in [0, 0.05) is 26.2 Å². The molecule has 0 spiro atoms. The first-order valence-electron chi connectivity index (χ1n) is 7.25. The second-order valence-corrected chi connectivity index (χ2v) is 8.04. The fourth-order valence-corrected chi connectivity index (χ4v) is 4.00. The molecule has 1 rings (SSSR count). The van der Waals surface area contributed by atoms with E-state index in [0.717, 1.165) is 38.9 Å². The van der Waals surface area contributed by atoms with Crippen LogP contribution >= 0.6 is 0 Å². The van der Waals surface area contributed by atoms with Gasteiger partial charge in [0.2, 0.25) is 10.0 Å². The van der Waals surface area contributed by atoms with Gasteiger partial charge in [-0.2, -0.15) is 0 Å². The van der Waals surface area contributed by atoms with E-state index in [9.17, 15) is 8.42 Å². The summed E-state index contributed by atoms with van der Waals surface area (Å²) in [5, 5.41) is 2.83. The van der Waals surface area contributed by atoms with Crippen molar-refractivity contribution in [3.63, 3.8) is 0 Å². The predicted octanol–water partition coefficient (Wildman–Crippen LogP) is 0.730. The van der Waals surface area contributed by atoms with E-state index in [4.69, 9.17) is 0 Å². The number of sulfonamides is 1. The third-order valence-electron chi connectivity index (χ3n) is 3.88. The maximum Gasteiger partial charge on any atom is 0.218 e. The van der Waals surface area contributed by atoms with Gasteiger partial charge in [-0.3, -0.25) is 0 Å². The van der Waals surface area contributed by atoms with E-state index in [1.165, 1.54) is 0 Å². The average molecular weight is 291 g/mol. The third-order valence-corrected chi connectivity index (χ3v) is 6.17. The molecule has 0 saturated carbocycles. The Kier molecular flexibility index (Phi) is 6.73. The van der Waals surface area contributed by atoms with Crippen LogP contribution in [0.1, 0.15) is 33.1 Å². The third kappa shape index (κ3) is 4.70. The SMILES string of the molecule is CCCNCC(C)S(=O)(=O)N(C)C1CCCN(C)C1. The van der Waals surface area contributed by atoms with Gasteiger partial charge in [-0.15, -0.1) is 0 Å². The minimum Gasteiger partial charge on any atom is -0.315 e. The number of hydrogen-bond donors (Lipinski definition) is 1. The van der Waals surface area contributed by atoms with Crippen molar-refractivity contribution in [3.8, 4) is 0 Å². The van der Waals surface area contributed by atoms with Crippen LogP contribution in [0, 0.1) is 0 Å². The Morgan fingerprint density at radius 2 is 2.16 bits per heavy atom. The molecule has 19 heavy (non-hydrogen) atoms. The summed E-state index contributed by atoms with van der Waals surface area (Å²) in [7, 11) is 0.588. The van der Waals surface area contributed by atoms with Crippen molar-refractivity contribution in [2.45, 2.75) is 44.4 Å². The first kappa shape index (κ1) is 16.9. The number of piperidine rings is 1. The Labute approximate surface area is 118 Å². The van der Waals surface area contributed by atoms with Crippen molar-refractivity contribution >= 4 is 10.0 Å². The van der Waals surface area contributed by atoms with Crippen molar-refractivity contribution in [1.82, 2.24) is 14.5 Å². The zero-order valence-corrected chi connectivity index (χ0v) is 13.5. The summed E-state index contributed by atoms with van der Waals surface area (Å²) in [5.41, 5.74) is 0. The predicted molar refractivity (Wildman–Crippen MR) is 79.8 cm³/mol. The van der Waals surface area contributed by atoms with Crippen LogP contribution in [-0.2, 0) is 10.0 Å². The van der Waals surface area contributed by atoms with Crippen molar-refractivity contribution < 1.29 is 8.42 Å². The molecule has 1 aliphatic heterocycles. The molecule has 0 aromatic carbocycles. The Morgan fingerprint density at radius 3 is 2.74 bits per heavy atom. The van der Waals surface area contributed by atoms with Crippen LogP contribution in [0.15, 0.2) is 0 Å². The summed E-state index contributed by atoms with van der Waals surface area (Å²) in [4.78, 5) is 2.21. The molecular formula is C13H29N3O2S. The Balaban J connectivity index is 2.59. The second-order valence-electron chi connectivity index (χ2n) is 5.63. The van der Waals surface area contributed by atoms with Crippen molar-refractivity contribution in [1.29, 1.82) is 0 Å². The number of likely N-dealkylation sites (tertiary alicyclic amines) is 1. The molecule has 6 heteroatoms. The van der Waals surface area contributed by atoms with E-state index in [2.05, 4.69) is 24.2 Å². The molecule has 2 unspecified atom stereocenters. The van der Waals surface area contributed by atoms with E-state index in [0.29, 0.717) is 6.54 Å². The zero-order chi connectivity index (χ0) is 14.5. The molecule has 0 aromatic heterocycles. The molecule has 1 fully saturated rings. The molecule has 0 bridgehead atoms. The lowest BCUT2D eigenvalue weighted by Gasteiger charge is -2.36. The highest BCUT2D eigenvalue weighted by Crippen LogP contribution is 2.18. The standard InChI is InChI=1S/C13H29N3O2S/c1-5-8-14-10-12(2)19(17,18)16(4)13-7-6-9-15(3)11-13/h12-14H,5-11H2,1-4H3. The largest absolute Gasteiger partial charge is 0.315 e.